The number of hydrogen-bond acceptors (Lipinski definition) is 2. The molecule has 1 atom stereocenters. The van der Waals surface area contributed by atoms with Crippen LogP contribution in [-0.4, -0.2) is 12.1 Å². The van der Waals surface area contributed by atoms with Gasteiger partial charge in [-0.25, -0.2) is 0 Å². The molecule has 0 N–H and O–H groups in total. The lowest BCUT2D eigenvalue weighted by atomic mass is 10.0. The summed E-state index contributed by atoms with van der Waals surface area (Å²) in [4.78, 5) is 11.0. The van der Waals surface area contributed by atoms with Crippen molar-refractivity contribution >= 4 is 5.97 Å². The molecule has 0 amide bonds. The smallest absolute Gasteiger partial charge is 0.302 e. The Morgan fingerprint density at radius 3 is 2.56 bits per heavy atom. The molecule has 2 heteroatoms. The van der Waals surface area contributed by atoms with Crippen molar-refractivity contribution in [1.29, 1.82) is 0 Å². The van der Waals surface area contributed by atoms with Gasteiger partial charge in [0.05, 0.1) is 0 Å². The van der Waals surface area contributed by atoms with Gasteiger partial charge < -0.3 is 4.74 Å². The van der Waals surface area contributed by atoms with Crippen LogP contribution in [0.5, 0.6) is 0 Å². The first-order valence-electron chi connectivity index (χ1n) is 7.15. The Bertz CT molecular complexity index is 243. The summed E-state index contributed by atoms with van der Waals surface area (Å²) in [5, 5.41) is 0. The zero-order valence-electron chi connectivity index (χ0n) is 12.0. The van der Waals surface area contributed by atoms with E-state index in [4.69, 9.17) is 4.74 Å². The lowest BCUT2D eigenvalue weighted by molar-refractivity contribution is -0.147. The highest BCUT2D eigenvalue weighted by Gasteiger charge is 2.10. The number of carbonyl (C=O) groups excluding carboxylic acids is 1. The third-order valence-corrected chi connectivity index (χ3v) is 2.88. The third kappa shape index (κ3) is 11.4. The number of carbonyl (C=O) groups is 1. The van der Waals surface area contributed by atoms with Crippen LogP contribution in [0.15, 0.2) is 24.8 Å². The fourth-order valence-electron chi connectivity index (χ4n) is 1.95. The Balaban J connectivity index is 3.79. The van der Waals surface area contributed by atoms with Crippen molar-refractivity contribution in [2.75, 3.05) is 0 Å². The van der Waals surface area contributed by atoms with E-state index in [0.29, 0.717) is 0 Å². The van der Waals surface area contributed by atoms with Crippen LogP contribution in [0.3, 0.4) is 0 Å². The van der Waals surface area contributed by atoms with Gasteiger partial charge in [0.2, 0.25) is 0 Å². The van der Waals surface area contributed by atoms with Crippen LogP contribution < -0.4 is 0 Å². The van der Waals surface area contributed by atoms with E-state index in [1.807, 2.05) is 6.08 Å². The minimum atomic E-state index is -0.155. The first-order valence-corrected chi connectivity index (χ1v) is 7.15. The van der Waals surface area contributed by atoms with Crippen molar-refractivity contribution in [2.45, 2.75) is 71.3 Å². The molecule has 18 heavy (non-hydrogen) atoms. The van der Waals surface area contributed by atoms with Crippen molar-refractivity contribution < 1.29 is 9.53 Å². The Labute approximate surface area is 112 Å². The molecule has 0 aliphatic rings. The summed E-state index contributed by atoms with van der Waals surface area (Å²) in [6.07, 6.45) is 14.9. The maximum atomic E-state index is 11.0. The van der Waals surface area contributed by atoms with E-state index >= 15 is 0 Å². The first-order chi connectivity index (χ1) is 8.70. The molecule has 0 radical (unpaired) electrons. The molecule has 0 bridgehead atoms. The van der Waals surface area contributed by atoms with Crippen molar-refractivity contribution in [2.24, 2.45) is 0 Å². The molecular weight excluding hydrogens is 224 g/mol. The van der Waals surface area contributed by atoms with Gasteiger partial charge in [0.25, 0.3) is 0 Å². The first kappa shape index (κ1) is 16.9. The van der Waals surface area contributed by atoms with Crippen LogP contribution >= 0.6 is 0 Å². The molecule has 1 unspecified atom stereocenters. The SMILES string of the molecule is C=C/C=C/CCCC(CCCCCC)OC(C)=O. The van der Waals surface area contributed by atoms with Gasteiger partial charge in [-0.1, -0.05) is 51.0 Å². The number of esters is 1. The van der Waals surface area contributed by atoms with Crippen LogP contribution in [0.25, 0.3) is 0 Å². The van der Waals surface area contributed by atoms with E-state index in [1.54, 1.807) is 6.08 Å². The standard InChI is InChI=1S/C16H28O2/c1-4-6-8-10-12-14-16(18-15(3)17)13-11-9-7-5-2/h4,6,8,16H,1,5,7,9-14H2,2-3H3/b8-6+. The Kier molecular flexibility index (Phi) is 11.7. The van der Waals surface area contributed by atoms with Gasteiger partial charge in [0.15, 0.2) is 0 Å². The second-order valence-electron chi connectivity index (χ2n) is 4.68. The van der Waals surface area contributed by atoms with E-state index in [9.17, 15) is 4.79 Å². The normalized spacial score (nSPS) is 12.6. The zero-order valence-corrected chi connectivity index (χ0v) is 12.0. The van der Waals surface area contributed by atoms with Crippen LogP contribution in [0.1, 0.15) is 65.2 Å². The highest BCUT2D eigenvalue weighted by atomic mass is 16.5. The molecule has 0 saturated heterocycles. The molecule has 0 rings (SSSR count). The molecule has 0 spiro atoms. The predicted molar refractivity (Wildman–Crippen MR) is 77.5 cm³/mol. The van der Waals surface area contributed by atoms with Gasteiger partial charge in [-0.15, -0.1) is 0 Å². The molecular formula is C16H28O2. The van der Waals surface area contributed by atoms with Crippen molar-refractivity contribution in [3.05, 3.63) is 24.8 Å². The van der Waals surface area contributed by atoms with Gasteiger partial charge >= 0.3 is 5.97 Å². The Hall–Kier alpha value is -1.05. The van der Waals surface area contributed by atoms with Crippen LogP contribution in [0, 0.1) is 0 Å². The molecule has 0 fully saturated rings. The summed E-state index contributed by atoms with van der Waals surface area (Å²) in [6.45, 7) is 7.34. The maximum Gasteiger partial charge on any atom is 0.302 e. The number of unbranched alkanes of at least 4 members (excludes halogenated alkanes) is 4. The van der Waals surface area contributed by atoms with Crippen LogP contribution in [0.4, 0.5) is 0 Å². The van der Waals surface area contributed by atoms with Gasteiger partial charge in [0, 0.05) is 6.92 Å². The molecule has 0 aliphatic carbocycles. The van der Waals surface area contributed by atoms with Crippen LogP contribution in [0.2, 0.25) is 0 Å². The minimum Gasteiger partial charge on any atom is -0.463 e. The molecule has 0 aromatic heterocycles. The van der Waals surface area contributed by atoms with Gasteiger partial charge in [0.1, 0.15) is 6.10 Å². The summed E-state index contributed by atoms with van der Waals surface area (Å²) in [5.41, 5.74) is 0. The number of rotatable bonds is 11. The molecule has 0 saturated carbocycles. The fourth-order valence-corrected chi connectivity index (χ4v) is 1.95. The summed E-state index contributed by atoms with van der Waals surface area (Å²) in [7, 11) is 0. The second kappa shape index (κ2) is 12.4. The summed E-state index contributed by atoms with van der Waals surface area (Å²) >= 11 is 0. The summed E-state index contributed by atoms with van der Waals surface area (Å²) in [5.74, 6) is -0.155. The van der Waals surface area contributed by atoms with E-state index in [0.717, 1.165) is 32.1 Å². The van der Waals surface area contributed by atoms with Crippen molar-refractivity contribution in [1.82, 2.24) is 0 Å². The highest BCUT2D eigenvalue weighted by Crippen LogP contribution is 2.14. The number of hydrogen-bond donors (Lipinski definition) is 0. The third-order valence-electron chi connectivity index (χ3n) is 2.88. The number of ether oxygens (including phenoxy) is 1. The summed E-state index contributed by atoms with van der Waals surface area (Å²) in [6, 6.07) is 0. The lowest BCUT2D eigenvalue weighted by Crippen LogP contribution is -2.16. The Morgan fingerprint density at radius 1 is 1.22 bits per heavy atom. The van der Waals surface area contributed by atoms with E-state index in [-0.39, 0.29) is 12.1 Å². The molecule has 0 aromatic carbocycles. The minimum absolute atomic E-state index is 0.108. The summed E-state index contributed by atoms with van der Waals surface area (Å²) < 4.78 is 5.35. The fraction of sp³-hybridized carbons (Fsp3) is 0.688. The van der Waals surface area contributed by atoms with Crippen molar-refractivity contribution in [3.8, 4) is 0 Å². The zero-order chi connectivity index (χ0) is 13.6. The number of allylic oxidation sites excluding steroid dienone is 3. The monoisotopic (exact) mass is 252 g/mol. The average Bonchev–Trinajstić information content (AvgIpc) is 2.33. The molecule has 104 valence electrons. The van der Waals surface area contributed by atoms with Crippen LogP contribution in [-0.2, 0) is 9.53 Å². The maximum absolute atomic E-state index is 11.0. The van der Waals surface area contributed by atoms with Crippen molar-refractivity contribution in [3.63, 3.8) is 0 Å². The Morgan fingerprint density at radius 2 is 1.94 bits per heavy atom. The molecule has 2 nitrogen and oxygen atoms in total. The topological polar surface area (TPSA) is 26.3 Å². The van der Waals surface area contributed by atoms with E-state index in [2.05, 4.69) is 19.6 Å². The van der Waals surface area contributed by atoms with Gasteiger partial charge in [-0.3, -0.25) is 4.79 Å². The molecule has 0 aromatic rings. The molecule has 0 aliphatic heterocycles. The second-order valence-corrected chi connectivity index (χ2v) is 4.68. The van der Waals surface area contributed by atoms with E-state index in [1.165, 1.54) is 26.2 Å². The van der Waals surface area contributed by atoms with Gasteiger partial charge in [-0.2, -0.15) is 0 Å². The largest absolute Gasteiger partial charge is 0.463 e. The lowest BCUT2D eigenvalue weighted by Gasteiger charge is -2.16. The van der Waals surface area contributed by atoms with Gasteiger partial charge in [-0.05, 0) is 32.1 Å². The molecule has 0 heterocycles. The van der Waals surface area contributed by atoms with E-state index < -0.39 is 0 Å². The average molecular weight is 252 g/mol. The predicted octanol–water partition coefficient (Wildman–Crippen LogP) is 4.80. The quantitative estimate of drug-likeness (QED) is 0.300. The highest BCUT2D eigenvalue weighted by molar-refractivity contribution is 5.66.